The monoisotopic (exact) mass is 425 g/mol. The summed E-state index contributed by atoms with van der Waals surface area (Å²) < 4.78 is 0. The summed E-state index contributed by atoms with van der Waals surface area (Å²) in [6.45, 7) is 4.84. The molecule has 5 nitrogen and oxygen atoms in total. The molecule has 0 aliphatic carbocycles. The van der Waals surface area contributed by atoms with Gasteiger partial charge in [0.15, 0.2) is 0 Å². The van der Waals surface area contributed by atoms with Crippen molar-refractivity contribution < 1.29 is 9.90 Å². The van der Waals surface area contributed by atoms with Crippen molar-refractivity contribution in [3.8, 4) is 5.75 Å². The molecule has 1 aliphatic rings. The van der Waals surface area contributed by atoms with Crippen LogP contribution in [0.25, 0.3) is 0 Å². The second-order valence-electron chi connectivity index (χ2n) is 6.94. The summed E-state index contributed by atoms with van der Waals surface area (Å²) in [5, 5.41) is 12.8. The number of hydrogen-bond acceptors (Lipinski definition) is 6. The van der Waals surface area contributed by atoms with E-state index in [1.54, 1.807) is 35.2 Å². The fourth-order valence-corrected chi connectivity index (χ4v) is 5.08. The van der Waals surface area contributed by atoms with Crippen LogP contribution in [0.15, 0.2) is 58.8 Å². The zero-order valence-electron chi connectivity index (χ0n) is 16.2. The van der Waals surface area contributed by atoms with Gasteiger partial charge in [0.05, 0.1) is 16.3 Å². The highest BCUT2D eigenvalue weighted by Gasteiger charge is 2.24. The van der Waals surface area contributed by atoms with Gasteiger partial charge in [0.25, 0.3) is 5.91 Å². The quantitative estimate of drug-likeness (QED) is 0.614. The molecule has 0 saturated carbocycles. The van der Waals surface area contributed by atoms with Gasteiger partial charge in [-0.15, -0.1) is 23.1 Å². The molecule has 1 fully saturated rings. The predicted molar refractivity (Wildman–Crippen MR) is 119 cm³/mol. The summed E-state index contributed by atoms with van der Waals surface area (Å²) in [6.07, 6.45) is 0. The molecular formula is C22H23N3O2S2. The molecule has 1 aliphatic heterocycles. The summed E-state index contributed by atoms with van der Waals surface area (Å²) in [5.41, 5.74) is 2.81. The van der Waals surface area contributed by atoms with E-state index in [-0.39, 0.29) is 11.7 Å². The van der Waals surface area contributed by atoms with Gasteiger partial charge >= 0.3 is 0 Å². The largest absolute Gasteiger partial charge is 0.508 e. The van der Waals surface area contributed by atoms with Crippen molar-refractivity contribution in [3.05, 3.63) is 70.2 Å². The van der Waals surface area contributed by atoms with Crippen LogP contribution >= 0.6 is 23.1 Å². The Morgan fingerprint density at radius 2 is 1.93 bits per heavy atom. The first kappa shape index (κ1) is 19.8. The van der Waals surface area contributed by atoms with Crippen LogP contribution in [0.4, 0.5) is 5.69 Å². The lowest BCUT2D eigenvalue weighted by atomic mass is 10.1. The normalized spacial score (nSPS) is 14.2. The number of phenolic OH excluding ortho intramolecular Hbond substituents is 1. The molecule has 1 saturated heterocycles. The summed E-state index contributed by atoms with van der Waals surface area (Å²) >= 11 is 3.32. The fraction of sp³-hybridized carbons (Fsp3) is 0.273. The van der Waals surface area contributed by atoms with Crippen molar-refractivity contribution in [2.45, 2.75) is 17.6 Å². The second kappa shape index (κ2) is 8.88. The lowest BCUT2D eigenvalue weighted by molar-refractivity contribution is 0.0743. The van der Waals surface area contributed by atoms with E-state index in [4.69, 9.17) is 0 Å². The Labute approximate surface area is 179 Å². The third kappa shape index (κ3) is 4.74. The maximum Gasteiger partial charge on any atom is 0.255 e. The number of aromatic nitrogens is 1. The van der Waals surface area contributed by atoms with Crippen LogP contribution in [0, 0.1) is 6.92 Å². The number of thiazole rings is 1. The van der Waals surface area contributed by atoms with Gasteiger partial charge in [-0.2, -0.15) is 0 Å². The molecule has 0 bridgehead atoms. The Kier molecular flexibility index (Phi) is 6.06. The number of anilines is 1. The average Bonchev–Trinajstić information content (AvgIpc) is 3.17. The first-order chi connectivity index (χ1) is 14.1. The Morgan fingerprint density at radius 3 is 2.66 bits per heavy atom. The van der Waals surface area contributed by atoms with Gasteiger partial charge in [0, 0.05) is 54.0 Å². The zero-order valence-corrected chi connectivity index (χ0v) is 17.9. The van der Waals surface area contributed by atoms with Gasteiger partial charge in [-0.3, -0.25) is 4.79 Å². The maximum atomic E-state index is 13.2. The van der Waals surface area contributed by atoms with E-state index in [1.807, 2.05) is 48.2 Å². The number of aryl methyl sites for hydroxylation is 1. The van der Waals surface area contributed by atoms with Gasteiger partial charge in [-0.05, 0) is 31.2 Å². The molecule has 0 radical (unpaired) electrons. The highest BCUT2D eigenvalue weighted by molar-refractivity contribution is 7.98. The molecular weight excluding hydrogens is 402 g/mol. The Bertz CT molecular complexity index is 997. The molecule has 150 valence electrons. The number of hydrogen-bond donors (Lipinski definition) is 1. The van der Waals surface area contributed by atoms with Crippen LogP contribution in [0.2, 0.25) is 0 Å². The molecule has 1 aromatic heterocycles. The molecule has 0 atom stereocenters. The van der Waals surface area contributed by atoms with Crippen LogP contribution in [-0.4, -0.2) is 47.1 Å². The highest BCUT2D eigenvalue weighted by Crippen LogP contribution is 2.28. The second-order valence-corrected chi connectivity index (χ2v) is 9.02. The molecule has 3 aromatic rings. The number of amides is 1. The topological polar surface area (TPSA) is 56.7 Å². The SMILES string of the molecule is Cc1nc(CSc2ccccc2C(=O)N2CCN(c3cccc(O)c3)CC2)cs1. The van der Waals surface area contributed by atoms with Gasteiger partial charge in [0.2, 0.25) is 0 Å². The third-order valence-electron chi connectivity index (χ3n) is 4.92. The Morgan fingerprint density at radius 1 is 1.14 bits per heavy atom. The van der Waals surface area contributed by atoms with Crippen molar-refractivity contribution in [3.63, 3.8) is 0 Å². The van der Waals surface area contributed by atoms with Gasteiger partial charge in [0.1, 0.15) is 5.75 Å². The molecule has 0 unspecified atom stereocenters. The zero-order chi connectivity index (χ0) is 20.2. The number of carbonyl (C=O) groups excluding carboxylic acids is 1. The van der Waals surface area contributed by atoms with E-state index in [2.05, 4.69) is 15.3 Å². The minimum atomic E-state index is 0.0816. The van der Waals surface area contributed by atoms with E-state index in [1.165, 1.54) is 0 Å². The van der Waals surface area contributed by atoms with Crippen LogP contribution in [0.5, 0.6) is 5.75 Å². The molecule has 2 aromatic carbocycles. The first-order valence-electron chi connectivity index (χ1n) is 9.56. The number of phenols is 1. The molecule has 2 heterocycles. The number of rotatable bonds is 5. The maximum absolute atomic E-state index is 13.2. The minimum Gasteiger partial charge on any atom is -0.508 e. The minimum absolute atomic E-state index is 0.0816. The number of thioether (sulfide) groups is 1. The summed E-state index contributed by atoms with van der Waals surface area (Å²) in [5.74, 6) is 1.11. The third-order valence-corrected chi connectivity index (χ3v) is 6.85. The standard InChI is InChI=1S/C22H23N3O2S2/c1-16-23-17(14-28-16)15-29-21-8-3-2-7-20(21)22(27)25-11-9-24(10-12-25)18-5-4-6-19(26)13-18/h2-8,13-14,26H,9-12,15H2,1H3. The lowest BCUT2D eigenvalue weighted by Gasteiger charge is -2.36. The van der Waals surface area contributed by atoms with Crippen LogP contribution in [-0.2, 0) is 5.75 Å². The van der Waals surface area contributed by atoms with Crippen molar-refractivity contribution in [2.75, 3.05) is 31.1 Å². The fourth-order valence-electron chi connectivity index (χ4n) is 3.42. The van der Waals surface area contributed by atoms with Crippen LogP contribution < -0.4 is 4.90 Å². The Hall–Kier alpha value is -2.51. The molecule has 4 rings (SSSR count). The highest BCUT2D eigenvalue weighted by atomic mass is 32.2. The Balaban J connectivity index is 1.41. The summed E-state index contributed by atoms with van der Waals surface area (Å²) in [4.78, 5) is 22.8. The van der Waals surface area contributed by atoms with Gasteiger partial charge in [-0.1, -0.05) is 18.2 Å². The number of aromatic hydroxyl groups is 1. The van der Waals surface area contributed by atoms with Crippen molar-refractivity contribution in [2.24, 2.45) is 0 Å². The summed E-state index contributed by atoms with van der Waals surface area (Å²) in [7, 11) is 0. The number of carbonyl (C=O) groups is 1. The molecule has 1 N–H and O–H groups in total. The van der Waals surface area contributed by atoms with E-state index < -0.39 is 0 Å². The first-order valence-corrected chi connectivity index (χ1v) is 11.4. The van der Waals surface area contributed by atoms with E-state index >= 15 is 0 Å². The van der Waals surface area contributed by atoms with Crippen LogP contribution in [0.3, 0.4) is 0 Å². The average molecular weight is 426 g/mol. The molecule has 29 heavy (non-hydrogen) atoms. The smallest absolute Gasteiger partial charge is 0.255 e. The van der Waals surface area contributed by atoms with Gasteiger partial charge < -0.3 is 14.9 Å². The van der Waals surface area contributed by atoms with Crippen molar-refractivity contribution in [1.82, 2.24) is 9.88 Å². The molecule has 0 spiro atoms. The van der Waals surface area contributed by atoms with Crippen molar-refractivity contribution in [1.29, 1.82) is 0 Å². The van der Waals surface area contributed by atoms with Crippen LogP contribution in [0.1, 0.15) is 21.1 Å². The van der Waals surface area contributed by atoms with E-state index in [0.29, 0.717) is 13.1 Å². The predicted octanol–water partition coefficient (Wildman–Crippen LogP) is 4.41. The molecule has 7 heteroatoms. The number of nitrogens with zero attached hydrogens (tertiary/aromatic N) is 3. The van der Waals surface area contributed by atoms with E-state index in [0.717, 1.165) is 45.7 Å². The lowest BCUT2D eigenvalue weighted by Crippen LogP contribution is -2.48. The van der Waals surface area contributed by atoms with E-state index in [9.17, 15) is 9.90 Å². The van der Waals surface area contributed by atoms with Gasteiger partial charge in [-0.25, -0.2) is 4.98 Å². The number of benzene rings is 2. The number of piperazine rings is 1. The summed E-state index contributed by atoms with van der Waals surface area (Å²) in [6, 6.07) is 15.1. The van der Waals surface area contributed by atoms with Crippen molar-refractivity contribution >= 4 is 34.7 Å². The molecule has 1 amide bonds.